The Labute approximate surface area is 228 Å². The van der Waals surface area contributed by atoms with E-state index in [4.69, 9.17) is 10.5 Å². The van der Waals surface area contributed by atoms with E-state index < -0.39 is 59.6 Å². The Bertz CT molecular complexity index is 1110. The summed E-state index contributed by atoms with van der Waals surface area (Å²) in [5.41, 5.74) is 4.79. The Morgan fingerprint density at radius 1 is 1.15 bits per heavy atom. The van der Waals surface area contributed by atoms with Crippen molar-refractivity contribution in [1.82, 2.24) is 10.2 Å². The summed E-state index contributed by atoms with van der Waals surface area (Å²) < 4.78 is 6.09. The van der Waals surface area contributed by atoms with Gasteiger partial charge in [-0.05, 0) is 56.2 Å². The second-order valence-corrected chi connectivity index (χ2v) is 11.5. The summed E-state index contributed by atoms with van der Waals surface area (Å²) in [5, 5.41) is 31.9. The molecule has 4 unspecified atom stereocenters. The largest absolute Gasteiger partial charge is 0.504 e. The van der Waals surface area contributed by atoms with Crippen molar-refractivity contribution in [1.29, 1.82) is 0 Å². The van der Waals surface area contributed by atoms with Gasteiger partial charge in [0.2, 0.25) is 17.7 Å². The Morgan fingerprint density at radius 3 is 2.44 bits per heavy atom. The summed E-state index contributed by atoms with van der Waals surface area (Å²) in [7, 11) is 0. The van der Waals surface area contributed by atoms with Crippen molar-refractivity contribution in [2.45, 2.75) is 96.4 Å². The van der Waals surface area contributed by atoms with E-state index in [9.17, 15) is 34.5 Å². The standard InChI is InChI=1S/C28H41N3O8/c1-5-17-10-11-28(4,27(17,2)3)39-26(38)19-7-6-12-31(19)25(37)18(15-23(29)35)30-24(36)22(34)14-16-8-9-20(32)21(33)13-16/h8-9,13,17-19,22,32-34H,5-7,10-12,14-15H2,1-4H3,(H2,29,35)(H,30,36)/t17-,18?,19?,22?,28?/m1/s1. The van der Waals surface area contributed by atoms with Gasteiger partial charge in [-0.1, -0.05) is 33.3 Å². The van der Waals surface area contributed by atoms with Crippen LogP contribution in [0.4, 0.5) is 0 Å². The summed E-state index contributed by atoms with van der Waals surface area (Å²) in [6.45, 7) is 8.50. The molecule has 1 aromatic rings. The van der Waals surface area contributed by atoms with Crippen LogP contribution < -0.4 is 11.1 Å². The number of phenols is 2. The van der Waals surface area contributed by atoms with Gasteiger partial charge < -0.3 is 36.0 Å². The lowest BCUT2D eigenvalue weighted by molar-refractivity contribution is -0.176. The van der Waals surface area contributed by atoms with Crippen molar-refractivity contribution in [3.63, 3.8) is 0 Å². The van der Waals surface area contributed by atoms with Crippen LogP contribution in [0.15, 0.2) is 18.2 Å². The van der Waals surface area contributed by atoms with E-state index in [1.54, 1.807) is 0 Å². The van der Waals surface area contributed by atoms with Crippen LogP contribution in [-0.2, 0) is 30.3 Å². The first-order valence-electron chi connectivity index (χ1n) is 13.5. The maximum Gasteiger partial charge on any atom is 0.329 e. The molecule has 6 N–H and O–H groups in total. The first-order valence-corrected chi connectivity index (χ1v) is 13.5. The first-order chi connectivity index (χ1) is 18.2. The second kappa shape index (κ2) is 11.8. The molecular weight excluding hydrogens is 506 g/mol. The monoisotopic (exact) mass is 547 g/mol. The molecule has 1 aromatic carbocycles. The molecule has 0 bridgehead atoms. The number of phenolic OH excluding ortho intramolecular Hbond substituents is 2. The molecule has 1 aliphatic heterocycles. The summed E-state index contributed by atoms with van der Waals surface area (Å²) in [6.07, 6.45) is 1.23. The molecule has 2 fully saturated rings. The average Bonchev–Trinajstić information content (AvgIpc) is 3.43. The molecule has 1 aliphatic carbocycles. The molecule has 3 rings (SSSR count). The SMILES string of the molecule is CC[C@@H]1CCC(C)(OC(=O)C2CCCN2C(=O)C(CC(N)=O)NC(=O)C(O)Cc2ccc(O)c(O)c2)C1(C)C. The lowest BCUT2D eigenvalue weighted by Crippen LogP contribution is -2.55. The Kier molecular flexibility index (Phi) is 9.15. The minimum Gasteiger partial charge on any atom is -0.504 e. The molecule has 216 valence electrons. The van der Waals surface area contributed by atoms with Crippen LogP contribution in [0.3, 0.4) is 0 Å². The molecule has 0 spiro atoms. The summed E-state index contributed by atoms with van der Waals surface area (Å²) in [5.74, 6) is -3.28. The zero-order chi connectivity index (χ0) is 29.1. The van der Waals surface area contributed by atoms with Gasteiger partial charge in [0.1, 0.15) is 23.8 Å². The number of amides is 3. The van der Waals surface area contributed by atoms with Crippen LogP contribution in [0.25, 0.3) is 0 Å². The Morgan fingerprint density at radius 2 is 1.85 bits per heavy atom. The van der Waals surface area contributed by atoms with Crippen molar-refractivity contribution >= 4 is 23.7 Å². The van der Waals surface area contributed by atoms with Crippen molar-refractivity contribution < 1.29 is 39.2 Å². The Hall–Kier alpha value is -3.34. The lowest BCUT2D eigenvalue weighted by atomic mass is 9.72. The van der Waals surface area contributed by atoms with Crippen molar-refractivity contribution in [2.24, 2.45) is 17.1 Å². The van der Waals surface area contributed by atoms with E-state index in [0.717, 1.165) is 19.3 Å². The van der Waals surface area contributed by atoms with E-state index in [0.29, 0.717) is 24.3 Å². The van der Waals surface area contributed by atoms with Crippen molar-refractivity contribution in [3.05, 3.63) is 23.8 Å². The number of likely N-dealkylation sites (tertiary alicyclic amines) is 1. The second-order valence-electron chi connectivity index (χ2n) is 11.5. The number of carbonyl (C=O) groups is 4. The number of nitrogens with zero attached hydrogens (tertiary/aromatic N) is 1. The number of carbonyl (C=O) groups excluding carboxylic acids is 4. The molecule has 11 heteroatoms. The number of esters is 1. The van der Waals surface area contributed by atoms with Gasteiger partial charge >= 0.3 is 5.97 Å². The summed E-state index contributed by atoms with van der Waals surface area (Å²) in [6, 6.07) is 1.61. The summed E-state index contributed by atoms with van der Waals surface area (Å²) in [4.78, 5) is 52.7. The predicted molar refractivity (Wildman–Crippen MR) is 141 cm³/mol. The summed E-state index contributed by atoms with van der Waals surface area (Å²) >= 11 is 0. The highest BCUT2D eigenvalue weighted by Gasteiger charge is 2.54. The fourth-order valence-electron chi connectivity index (χ4n) is 5.91. The molecule has 39 heavy (non-hydrogen) atoms. The molecule has 1 heterocycles. The number of aromatic hydroxyl groups is 2. The zero-order valence-electron chi connectivity index (χ0n) is 23.1. The molecule has 1 saturated heterocycles. The number of ether oxygens (including phenoxy) is 1. The minimum absolute atomic E-state index is 0.219. The fraction of sp³-hybridized carbons (Fsp3) is 0.643. The number of rotatable bonds is 10. The maximum absolute atomic E-state index is 13.5. The topological polar surface area (TPSA) is 179 Å². The molecule has 2 aliphatic rings. The van der Waals surface area contributed by atoms with Gasteiger partial charge in [-0.3, -0.25) is 14.4 Å². The van der Waals surface area contributed by atoms with Crippen LogP contribution >= 0.6 is 0 Å². The van der Waals surface area contributed by atoms with Crippen LogP contribution in [0, 0.1) is 11.3 Å². The van der Waals surface area contributed by atoms with Crippen LogP contribution in [0.1, 0.15) is 71.8 Å². The average molecular weight is 548 g/mol. The number of nitrogens with two attached hydrogens (primary N) is 1. The molecule has 5 atom stereocenters. The first kappa shape index (κ1) is 30.2. The van der Waals surface area contributed by atoms with E-state index in [-0.39, 0.29) is 24.1 Å². The third-order valence-electron chi connectivity index (χ3n) is 8.77. The lowest BCUT2D eigenvalue weighted by Gasteiger charge is -2.42. The minimum atomic E-state index is -1.62. The van der Waals surface area contributed by atoms with Crippen molar-refractivity contribution in [3.8, 4) is 11.5 Å². The van der Waals surface area contributed by atoms with Gasteiger partial charge in [0, 0.05) is 18.4 Å². The van der Waals surface area contributed by atoms with E-state index in [1.165, 1.54) is 23.1 Å². The zero-order valence-corrected chi connectivity index (χ0v) is 23.1. The molecule has 1 saturated carbocycles. The highest BCUT2D eigenvalue weighted by atomic mass is 16.6. The van der Waals surface area contributed by atoms with Gasteiger partial charge in [-0.25, -0.2) is 4.79 Å². The third-order valence-corrected chi connectivity index (χ3v) is 8.77. The van der Waals surface area contributed by atoms with Crippen LogP contribution in [0.2, 0.25) is 0 Å². The number of nitrogens with one attached hydrogen (secondary N) is 1. The molecule has 0 aromatic heterocycles. The Balaban J connectivity index is 1.70. The molecular formula is C28H41N3O8. The molecule has 3 amide bonds. The quantitative estimate of drug-likeness (QED) is 0.216. The van der Waals surface area contributed by atoms with Gasteiger partial charge in [0.05, 0.1) is 6.42 Å². The number of aliphatic hydroxyl groups excluding tert-OH is 1. The van der Waals surface area contributed by atoms with Crippen LogP contribution in [0.5, 0.6) is 11.5 Å². The fourth-order valence-corrected chi connectivity index (χ4v) is 5.91. The van der Waals surface area contributed by atoms with Gasteiger partial charge in [-0.15, -0.1) is 0 Å². The smallest absolute Gasteiger partial charge is 0.329 e. The normalized spacial score (nSPS) is 25.6. The third kappa shape index (κ3) is 6.46. The highest BCUT2D eigenvalue weighted by molar-refractivity contribution is 5.95. The van der Waals surface area contributed by atoms with Gasteiger partial charge in [-0.2, -0.15) is 0 Å². The van der Waals surface area contributed by atoms with E-state index in [1.807, 2.05) is 6.92 Å². The van der Waals surface area contributed by atoms with Gasteiger partial charge in [0.15, 0.2) is 11.5 Å². The number of hydrogen-bond acceptors (Lipinski definition) is 8. The van der Waals surface area contributed by atoms with Crippen molar-refractivity contribution in [2.75, 3.05) is 6.54 Å². The van der Waals surface area contributed by atoms with Crippen LogP contribution in [-0.4, -0.2) is 74.2 Å². The number of hydrogen-bond donors (Lipinski definition) is 5. The maximum atomic E-state index is 13.5. The highest BCUT2D eigenvalue weighted by Crippen LogP contribution is 2.53. The number of aliphatic hydroxyl groups is 1. The number of benzene rings is 1. The molecule has 11 nitrogen and oxygen atoms in total. The van der Waals surface area contributed by atoms with E-state index >= 15 is 0 Å². The predicted octanol–water partition coefficient (Wildman–Crippen LogP) is 1.50. The molecule has 0 radical (unpaired) electrons. The van der Waals surface area contributed by atoms with E-state index in [2.05, 4.69) is 26.1 Å². The number of primary amides is 1. The van der Waals surface area contributed by atoms with Gasteiger partial charge in [0.25, 0.3) is 0 Å².